The molecular weight excluding hydrogens is 304 g/mol. The number of hydrogen-bond donors (Lipinski definition) is 1. The van der Waals surface area contributed by atoms with Gasteiger partial charge in [0, 0.05) is 13.6 Å². The number of aromatic nitrogens is 1. The third-order valence-electron chi connectivity index (χ3n) is 3.26. The molecule has 2 heterocycles. The number of carbonyl (C=O) groups is 2. The second-order valence-corrected chi connectivity index (χ2v) is 6.27. The zero-order chi connectivity index (χ0) is 16.4. The molecule has 0 spiro atoms. The molecular formula is C15H18N2O4S. The van der Waals surface area contributed by atoms with Gasteiger partial charge in [0.1, 0.15) is 10.6 Å². The molecule has 1 N–H and O–H groups in total. The Morgan fingerprint density at radius 1 is 1.41 bits per heavy atom. The van der Waals surface area contributed by atoms with Gasteiger partial charge in [0.05, 0.1) is 11.6 Å². The van der Waals surface area contributed by atoms with Crippen molar-refractivity contribution in [2.45, 2.75) is 20.8 Å². The molecule has 0 saturated carbocycles. The number of amides is 1. The molecule has 0 bridgehead atoms. The molecule has 0 aliphatic rings. The van der Waals surface area contributed by atoms with Crippen molar-refractivity contribution in [1.29, 1.82) is 0 Å². The summed E-state index contributed by atoms with van der Waals surface area (Å²) in [5.41, 5.74) is 0.619. The zero-order valence-electron chi connectivity index (χ0n) is 12.9. The van der Waals surface area contributed by atoms with Crippen LogP contribution in [-0.2, 0) is 4.79 Å². The zero-order valence-corrected chi connectivity index (χ0v) is 13.7. The maximum absolute atomic E-state index is 12.4. The smallest absolute Gasteiger partial charge is 0.308 e. The van der Waals surface area contributed by atoms with E-state index in [0.717, 1.165) is 5.76 Å². The Bertz CT molecular complexity index is 704. The Morgan fingerprint density at radius 3 is 2.64 bits per heavy atom. The molecule has 0 aliphatic heterocycles. The number of aliphatic carboxylic acids is 1. The average Bonchev–Trinajstić information content (AvgIpc) is 3.03. The van der Waals surface area contributed by atoms with E-state index in [0.29, 0.717) is 21.3 Å². The molecule has 2 aromatic heterocycles. The maximum atomic E-state index is 12.4. The topological polar surface area (TPSA) is 83.6 Å². The summed E-state index contributed by atoms with van der Waals surface area (Å²) in [7, 11) is 1.59. The van der Waals surface area contributed by atoms with E-state index in [1.165, 1.54) is 16.2 Å². The summed E-state index contributed by atoms with van der Waals surface area (Å²) >= 11 is 1.25. The van der Waals surface area contributed by atoms with Gasteiger partial charge in [0.2, 0.25) is 0 Å². The number of aryl methyl sites for hydroxylation is 2. The second kappa shape index (κ2) is 6.31. The minimum Gasteiger partial charge on any atom is -0.481 e. The van der Waals surface area contributed by atoms with Crippen LogP contribution in [0.25, 0.3) is 10.8 Å². The highest BCUT2D eigenvalue weighted by atomic mass is 32.1. The number of carboxylic acid groups (broad SMARTS) is 1. The van der Waals surface area contributed by atoms with Crippen molar-refractivity contribution in [3.63, 3.8) is 0 Å². The lowest BCUT2D eigenvalue weighted by atomic mass is 10.2. The standard InChI is InChI=1S/C15H18N2O4S/c1-8(15(19)20)7-17(4)14(18)12-10(3)16-13(22-12)11-6-5-9(2)21-11/h5-6,8H,7H2,1-4H3,(H,19,20). The number of thiazole rings is 1. The molecule has 6 nitrogen and oxygen atoms in total. The van der Waals surface area contributed by atoms with Crippen LogP contribution in [0.5, 0.6) is 0 Å². The third kappa shape index (κ3) is 3.36. The molecule has 22 heavy (non-hydrogen) atoms. The fourth-order valence-electron chi connectivity index (χ4n) is 1.99. The maximum Gasteiger partial charge on any atom is 0.308 e. The predicted molar refractivity (Wildman–Crippen MR) is 83.1 cm³/mol. The van der Waals surface area contributed by atoms with Crippen LogP contribution in [-0.4, -0.2) is 40.5 Å². The Labute approximate surface area is 132 Å². The first-order valence-corrected chi connectivity index (χ1v) is 7.63. The van der Waals surface area contributed by atoms with Gasteiger partial charge in [-0.1, -0.05) is 6.92 Å². The van der Waals surface area contributed by atoms with Crippen molar-refractivity contribution < 1.29 is 19.1 Å². The number of furan rings is 1. The Morgan fingerprint density at radius 2 is 2.09 bits per heavy atom. The fourth-order valence-corrected chi connectivity index (χ4v) is 3.02. The van der Waals surface area contributed by atoms with E-state index in [2.05, 4.69) is 4.98 Å². The highest BCUT2D eigenvalue weighted by molar-refractivity contribution is 7.17. The van der Waals surface area contributed by atoms with E-state index in [9.17, 15) is 9.59 Å². The average molecular weight is 322 g/mol. The first-order valence-electron chi connectivity index (χ1n) is 6.82. The van der Waals surface area contributed by atoms with Gasteiger partial charge in [0.25, 0.3) is 5.91 Å². The highest BCUT2D eigenvalue weighted by Gasteiger charge is 2.23. The summed E-state index contributed by atoms with van der Waals surface area (Å²) in [6.45, 7) is 5.33. The van der Waals surface area contributed by atoms with Crippen LogP contribution in [0.4, 0.5) is 0 Å². The SMILES string of the molecule is Cc1ccc(-c2nc(C)c(C(=O)N(C)CC(C)C(=O)O)s2)o1. The number of rotatable bonds is 5. The Balaban J connectivity index is 2.20. The molecule has 118 valence electrons. The molecule has 2 rings (SSSR count). The second-order valence-electron chi connectivity index (χ2n) is 5.27. The van der Waals surface area contributed by atoms with Gasteiger partial charge in [-0.2, -0.15) is 0 Å². The lowest BCUT2D eigenvalue weighted by Gasteiger charge is -2.18. The number of carboxylic acids is 1. The van der Waals surface area contributed by atoms with Gasteiger partial charge >= 0.3 is 5.97 Å². The quantitative estimate of drug-likeness (QED) is 0.915. The van der Waals surface area contributed by atoms with Gasteiger partial charge < -0.3 is 14.4 Å². The van der Waals surface area contributed by atoms with Crippen LogP contribution in [0.2, 0.25) is 0 Å². The monoisotopic (exact) mass is 322 g/mol. The van der Waals surface area contributed by atoms with Gasteiger partial charge in [-0.3, -0.25) is 9.59 Å². The van der Waals surface area contributed by atoms with Crippen molar-refractivity contribution in [2.24, 2.45) is 5.92 Å². The van der Waals surface area contributed by atoms with E-state index in [-0.39, 0.29) is 12.5 Å². The van der Waals surface area contributed by atoms with Crippen molar-refractivity contribution in [2.75, 3.05) is 13.6 Å². The summed E-state index contributed by atoms with van der Waals surface area (Å²) in [5, 5.41) is 9.58. The summed E-state index contributed by atoms with van der Waals surface area (Å²) in [4.78, 5) is 29.6. The van der Waals surface area contributed by atoms with Crippen LogP contribution in [0.1, 0.15) is 28.0 Å². The van der Waals surface area contributed by atoms with Crippen LogP contribution < -0.4 is 0 Å². The van der Waals surface area contributed by atoms with Crippen molar-refractivity contribution in [3.05, 3.63) is 28.5 Å². The Hall–Kier alpha value is -2.15. The molecule has 2 aromatic rings. The van der Waals surface area contributed by atoms with Crippen molar-refractivity contribution >= 4 is 23.2 Å². The normalized spacial score (nSPS) is 12.2. The van der Waals surface area contributed by atoms with Crippen LogP contribution in [0.3, 0.4) is 0 Å². The molecule has 0 aliphatic carbocycles. The van der Waals surface area contributed by atoms with Crippen molar-refractivity contribution in [1.82, 2.24) is 9.88 Å². The van der Waals surface area contributed by atoms with E-state index >= 15 is 0 Å². The molecule has 1 unspecified atom stereocenters. The van der Waals surface area contributed by atoms with Gasteiger partial charge in [-0.05, 0) is 26.0 Å². The number of hydrogen-bond acceptors (Lipinski definition) is 5. The lowest BCUT2D eigenvalue weighted by Crippen LogP contribution is -2.33. The molecule has 7 heteroatoms. The first kappa shape index (κ1) is 16.2. The van der Waals surface area contributed by atoms with Gasteiger partial charge in [-0.25, -0.2) is 4.98 Å². The molecule has 0 aromatic carbocycles. The van der Waals surface area contributed by atoms with E-state index in [4.69, 9.17) is 9.52 Å². The third-order valence-corrected chi connectivity index (χ3v) is 4.42. The largest absolute Gasteiger partial charge is 0.481 e. The number of nitrogens with zero attached hydrogens (tertiary/aromatic N) is 2. The first-order chi connectivity index (χ1) is 10.3. The highest BCUT2D eigenvalue weighted by Crippen LogP contribution is 2.30. The van der Waals surface area contributed by atoms with Crippen LogP contribution >= 0.6 is 11.3 Å². The van der Waals surface area contributed by atoms with E-state index in [1.54, 1.807) is 20.9 Å². The summed E-state index contributed by atoms with van der Waals surface area (Å²) in [6, 6.07) is 3.66. The summed E-state index contributed by atoms with van der Waals surface area (Å²) in [6.07, 6.45) is 0. The summed E-state index contributed by atoms with van der Waals surface area (Å²) in [5.74, 6) is -0.353. The van der Waals surface area contributed by atoms with Crippen LogP contribution in [0, 0.1) is 19.8 Å². The van der Waals surface area contributed by atoms with E-state index < -0.39 is 11.9 Å². The minimum absolute atomic E-state index is 0.153. The molecule has 1 atom stereocenters. The fraction of sp³-hybridized carbons (Fsp3) is 0.400. The Kier molecular flexibility index (Phi) is 4.65. The van der Waals surface area contributed by atoms with Crippen molar-refractivity contribution in [3.8, 4) is 10.8 Å². The summed E-state index contributed by atoms with van der Waals surface area (Å²) < 4.78 is 5.52. The van der Waals surface area contributed by atoms with E-state index in [1.807, 2.05) is 19.1 Å². The minimum atomic E-state index is -0.924. The molecule has 1 amide bonds. The van der Waals surface area contributed by atoms with Gasteiger partial charge in [-0.15, -0.1) is 11.3 Å². The molecule has 0 fully saturated rings. The lowest BCUT2D eigenvalue weighted by molar-refractivity contribution is -0.141. The molecule has 0 radical (unpaired) electrons. The molecule has 0 saturated heterocycles. The predicted octanol–water partition coefficient (Wildman–Crippen LogP) is 2.81. The van der Waals surface area contributed by atoms with Crippen LogP contribution in [0.15, 0.2) is 16.5 Å². The van der Waals surface area contributed by atoms with Gasteiger partial charge in [0.15, 0.2) is 10.8 Å². The number of carbonyl (C=O) groups excluding carboxylic acids is 1.